The van der Waals surface area contributed by atoms with Crippen LogP contribution in [-0.2, 0) is 21.3 Å². The van der Waals surface area contributed by atoms with E-state index < -0.39 is 10.0 Å². The summed E-state index contributed by atoms with van der Waals surface area (Å²) in [7, 11) is -3.67. The van der Waals surface area contributed by atoms with Gasteiger partial charge in [0.2, 0.25) is 10.0 Å². The summed E-state index contributed by atoms with van der Waals surface area (Å²) >= 11 is 0. The number of carbonyl (C=O) groups excluding carboxylic acids is 1. The highest BCUT2D eigenvalue weighted by atomic mass is 32.2. The first-order valence-electron chi connectivity index (χ1n) is 11.1. The topological polar surface area (TPSA) is 96.8 Å². The number of carbonyl (C=O) groups is 1. The maximum atomic E-state index is 13.1. The Morgan fingerprint density at radius 3 is 2.56 bits per heavy atom. The van der Waals surface area contributed by atoms with E-state index in [1.165, 1.54) is 10.4 Å². The molecule has 176 valence electrons. The van der Waals surface area contributed by atoms with Crippen LogP contribution in [0, 0.1) is 6.92 Å². The van der Waals surface area contributed by atoms with E-state index in [0.717, 1.165) is 17.7 Å². The van der Waals surface area contributed by atoms with Crippen LogP contribution in [0.3, 0.4) is 0 Å². The molecule has 0 unspecified atom stereocenters. The molecule has 10 heteroatoms. The number of benzene rings is 1. The molecule has 2 aromatic rings. The number of aryl methyl sites for hydroxylation is 2. The largest absolute Gasteiger partial charge is 0.378 e. The quantitative estimate of drug-likeness (QED) is 0.541. The third-order valence-electron chi connectivity index (χ3n) is 5.52. The normalized spacial score (nSPS) is 14.7. The maximum absolute atomic E-state index is 13.1. The van der Waals surface area contributed by atoms with E-state index in [1.54, 1.807) is 32.2 Å². The van der Waals surface area contributed by atoms with Crippen LogP contribution in [0.4, 0.5) is 5.69 Å². The molecular weight excluding hydrogens is 430 g/mol. The summed E-state index contributed by atoms with van der Waals surface area (Å²) in [6, 6.07) is 4.84. The zero-order valence-electron chi connectivity index (χ0n) is 19.1. The first-order chi connectivity index (χ1) is 15.4. The Hall–Kier alpha value is -2.43. The fraction of sp³-hybridized carbons (Fsp3) is 0.545. The number of nitrogens with one attached hydrogen (secondary N) is 1. The van der Waals surface area contributed by atoms with Crippen molar-refractivity contribution in [2.24, 2.45) is 0 Å². The highest BCUT2D eigenvalue weighted by Crippen LogP contribution is 2.27. The van der Waals surface area contributed by atoms with E-state index in [0.29, 0.717) is 58.0 Å². The first kappa shape index (κ1) is 24.2. The minimum Gasteiger partial charge on any atom is -0.378 e. The fourth-order valence-corrected chi connectivity index (χ4v) is 5.26. The molecule has 0 radical (unpaired) electrons. The lowest BCUT2D eigenvalue weighted by atomic mass is 10.1. The average Bonchev–Trinajstić information content (AvgIpc) is 3.22. The zero-order chi connectivity index (χ0) is 23.1. The maximum Gasteiger partial charge on any atom is 0.253 e. The molecule has 1 amide bonds. The second-order valence-electron chi connectivity index (χ2n) is 7.76. The van der Waals surface area contributed by atoms with Crippen LogP contribution in [0.2, 0.25) is 0 Å². The van der Waals surface area contributed by atoms with Gasteiger partial charge in [0.15, 0.2) is 0 Å². The van der Waals surface area contributed by atoms with Crippen molar-refractivity contribution in [3.05, 3.63) is 41.7 Å². The molecule has 1 N–H and O–H groups in total. The van der Waals surface area contributed by atoms with Crippen LogP contribution in [0.5, 0.6) is 0 Å². The Bertz CT molecular complexity index is 1010. The van der Waals surface area contributed by atoms with Crippen LogP contribution in [0.25, 0.3) is 0 Å². The van der Waals surface area contributed by atoms with Gasteiger partial charge in [-0.3, -0.25) is 9.48 Å². The average molecular weight is 464 g/mol. The van der Waals surface area contributed by atoms with Gasteiger partial charge in [-0.2, -0.15) is 9.40 Å². The molecule has 1 aliphatic heterocycles. The Balaban J connectivity index is 1.80. The summed E-state index contributed by atoms with van der Waals surface area (Å²) in [5, 5.41) is 7.20. The third-order valence-corrected chi connectivity index (χ3v) is 7.57. The van der Waals surface area contributed by atoms with E-state index in [-0.39, 0.29) is 10.8 Å². The lowest BCUT2D eigenvalue weighted by molar-refractivity contribution is 0.0951. The van der Waals surface area contributed by atoms with Crippen LogP contribution in [0.15, 0.2) is 35.5 Å². The molecule has 1 saturated heterocycles. The van der Waals surface area contributed by atoms with E-state index in [4.69, 9.17) is 4.74 Å². The first-order valence-corrected chi connectivity index (χ1v) is 12.5. The van der Waals surface area contributed by atoms with Gasteiger partial charge in [-0.25, -0.2) is 8.42 Å². The number of amides is 1. The second kappa shape index (κ2) is 10.9. The van der Waals surface area contributed by atoms with Crippen LogP contribution >= 0.6 is 0 Å². The number of anilines is 1. The molecule has 1 fully saturated rings. The van der Waals surface area contributed by atoms with Crippen LogP contribution in [0.1, 0.15) is 36.2 Å². The summed E-state index contributed by atoms with van der Waals surface area (Å²) in [6.07, 6.45) is 4.48. The molecule has 32 heavy (non-hydrogen) atoms. The Labute approximate surface area is 190 Å². The molecule has 0 aliphatic carbocycles. The van der Waals surface area contributed by atoms with E-state index in [9.17, 15) is 13.2 Å². The van der Waals surface area contributed by atoms with Crippen molar-refractivity contribution in [2.45, 2.75) is 38.6 Å². The van der Waals surface area contributed by atoms with Gasteiger partial charge in [-0.1, -0.05) is 13.8 Å². The molecule has 1 aromatic carbocycles. The third kappa shape index (κ3) is 5.67. The van der Waals surface area contributed by atoms with Gasteiger partial charge >= 0.3 is 0 Å². The molecule has 1 aromatic heterocycles. The van der Waals surface area contributed by atoms with Crippen LogP contribution < -0.4 is 10.2 Å². The van der Waals surface area contributed by atoms with Gasteiger partial charge < -0.3 is 15.0 Å². The Kier molecular flexibility index (Phi) is 8.27. The highest BCUT2D eigenvalue weighted by Gasteiger charge is 2.26. The van der Waals surface area contributed by atoms with Crippen LogP contribution in [-0.4, -0.2) is 74.3 Å². The highest BCUT2D eigenvalue weighted by molar-refractivity contribution is 7.89. The van der Waals surface area contributed by atoms with Crippen molar-refractivity contribution in [2.75, 3.05) is 50.8 Å². The minimum absolute atomic E-state index is 0.135. The van der Waals surface area contributed by atoms with Crippen molar-refractivity contribution < 1.29 is 17.9 Å². The lowest BCUT2D eigenvalue weighted by Gasteiger charge is -2.30. The fourth-order valence-electron chi connectivity index (χ4n) is 3.78. The molecule has 1 aliphatic rings. The zero-order valence-corrected chi connectivity index (χ0v) is 19.9. The second-order valence-corrected chi connectivity index (χ2v) is 9.70. The number of hydrogen-bond acceptors (Lipinski definition) is 6. The summed E-state index contributed by atoms with van der Waals surface area (Å²) in [5.74, 6) is -0.278. The molecule has 3 rings (SSSR count). The summed E-state index contributed by atoms with van der Waals surface area (Å²) < 4.78 is 34.7. The van der Waals surface area contributed by atoms with E-state index >= 15 is 0 Å². The van der Waals surface area contributed by atoms with Crippen molar-refractivity contribution in [1.82, 2.24) is 19.4 Å². The molecule has 2 heterocycles. The Morgan fingerprint density at radius 2 is 1.94 bits per heavy atom. The number of nitrogens with zero attached hydrogens (tertiary/aromatic N) is 4. The van der Waals surface area contributed by atoms with Crippen molar-refractivity contribution in [1.29, 1.82) is 0 Å². The smallest absolute Gasteiger partial charge is 0.253 e. The summed E-state index contributed by atoms with van der Waals surface area (Å²) in [6.45, 7) is 9.95. The monoisotopic (exact) mass is 463 g/mol. The number of morpholine rings is 1. The summed E-state index contributed by atoms with van der Waals surface area (Å²) in [5.41, 5.74) is 2.19. The van der Waals surface area contributed by atoms with Gasteiger partial charge in [0.25, 0.3) is 5.91 Å². The number of hydrogen-bond donors (Lipinski definition) is 1. The van der Waals surface area contributed by atoms with Gasteiger partial charge in [0.05, 0.1) is 29.9 Å². The predicted octanol–water partition coefficient (Wildman–Crippen LogP) is 1.88. The van der Waals surface area contributed by atoms with Gasteiger partial charge in [-0.15, -0.1) is 0 Å². The molecule has 0 bridgehead atoms. The number of aromatic nitrogens is 2. The number of rotatable bonds is 10. The standard InChI is InChI=1S/C22H33N5O4S/c1-4-27(5-2)32(29,30)19-7-8-21(25-11-13-31-14-12-25)20(15-19)22(28)23-9-6-10-26-17-18(3)16-24-26/h7-8,15-17H,4-6,9-14H2,1-3H3,(H,23,28). The SMILES string of the molecule is CCN(CC)S(=O)(=O)c1ccc(N2CCOCC2)c(C(=O)NCCCn2cc(C)cn2)c1. The number of ether oxygens (including phenoxy) is 1. The minimum atomic E-state index is -3.67. The van der Waals surface area contributed by atoms with Gasteiger partial charge in [-0.05, 0) is 37.1 Å². The molecule has 9 nitrogen and oxygen atoms in total. The molecular formula is C22H33N5O4S. The van der Waals surface area contributed by atoms with Gasteiger partial charge in [0.1, 0.15) is 0 Å². The summed E-state index contributed by atoms with van der Waals surface area (Å²) in [4.78, 5) is 15.3. The Morgan fingerprint density at radius 1 is 1.22 bits per heavy atom. The van der Waals surface area contributed by atoms with Gasteiger partial charge in [0, 0.05) is 51.2 Å². The van der Waals surface area contributed by atoms with Crippen molar-refractivity contribution >= 4 is 21.6 Å². The van der Waals surface area contributed by atoms with E-state index in [1.807, 2.05) is 17.8 Å². The lowest BCUT2D eigenvalue weighted by Crippen LogP contribution is -2.38. The predicted molar refractivity (Wildman–Crippen MR) is 123 cm³/mol. The van der Waals surface area contributed by atoms with Crippen molar-refractivity contribution in [3.8, 4) is 0 Å². The van der Waals surface area contributed by atoms with Crippen molar-refractivity contribution in [3.63, 3.8) is 0 Å². The molecule has 0 spiro atoms. The van der Waals surface area contributed by atoms with E-state index in [2.05, 4.69) is 15.3 Å². The molecule has 0 saturated carbocycles. The number of sulfonamides is 1. The molecule has 0 atom stereocenters.